The molecule has 2 aliphatic carbocycles. The Labute approximate surface area is 269 Å². The number of hydrogen-bond acceptors (Lipinski definition) is 8. The summed E-state index contributed by atoms with van der Waals surface area (Å²) in [4.78, 5) is 56.9. The number of benzene rings is 3. The lowest BCUT2D eigenvalue weighted by molar-refractivity contribution is -0.274. The number of rotatable bonds is 6. The molecule has 7 rings (SSSR count). The number of carbonyl (C=O) groups is 4. The molecule has 0 N–H and O–H groups in total. The molecule has 0 radical (unpaired) electrons. The van der Waals surface area contributed by atoms with Gasteiger partial charge in [-0.1, -0.05) is 97.9 Å². The fourth-order valence-electron chi connectivity index (χ4n) is 9.32. The van der Waals surface area contributed by atoms with Gasteiger partial charge in [0.05, 0.1) is 26.2 Å². The summed E-state index contributed by atoms with van der Waals surface area (Å²) in [7, 11) is -1.65. The average Bonchev–Trinajstić information content (AvgIpc) is 3.69. The Bertz CT molecular complexity index is 1550. The second-order valence-corrected chi connectivity index (χ2v) is 17.1. The van der Waals surface area contributed by atoms with Crippen LogP contribution in [0.1, 0.15) is 32.6 Å². The predicted molar refractivity (Wildman–Crippen MR) is 171 cm³/mol. The Morgan fingerprint density at radius 3 is 1.85 bits per heavy atom. The topological polar surface area (TPSA) is 105 Å². The Hall–Kier alpha value is -3.92. The molecule has 2 spiro atoms. The summed E-state index contributed by atoms with van der Waals surface area (Å²) in [6.07, 6.45) is -0.628. The van der Waals surface area contributed by atoms with Crippen LogP contribution in [0.15, 0.2) is 91.0 Å². The molecule has 2 saturated carbocycles. The van der Waals surface area contributed by atoms with E-state index in [2.05, 4.69) is 36.4 Å². The van der Waals surface area contributed by atoms with Crippen LogP contribution >= 0.6 is 0 Å². The lowest BCUT2D eigenvalue weighted by Crippen LogP contribution is -2.72. The van der Waals surface area contributed by atoms with Crippen LogP contribution in [0.2, 0.25) is 6.04 Å². The molecule has 4 fully saturated rings. The maximum atomic E-state index is 14.5. The van der Waals surface area contributed by atoms with Crippen molar-refractivity contribution in [1.82, 2.24) is 0 Å². The number of fused-ring (bicyclic) bond motifs is 3. The number of ether oxygens (including phenoxy) is 4. The van der Waals surface area contributed by atoms with Crippen LogP contribution in [-0.4, -0.2) is 63.8 Å². The third kappa shape index (κ3) is 4.17. The smallest absolute Gasteiger partial charge is 0.320 e. The number of Topliss-reactive ketones (excluding diaryl/α,β-unsaturated/α-hetero) is 2. The van der Waals surface area contributed by atoms with Gasteiger partial charge in [0.15, 0.2) is 25.4 Å². The average molecular weight is 639 g/mol. The standard InChI is InChI=1S/C37H38O8Si/c1-25-22-31(39)35(32-36(43-20-21-44-36)19-18-30(38)37(25,32)34(41)42-2)23-26(45-33(35)40)24-46(27-12-6-3-7-13-27,28-14-8-4-9-15-28)29-16-10-5-11-17-29/h3-17,25-26,32H,18-24H2,1-2H3/t25-,26?,32?,35+,37+/m1/s1. The molecule has 2 heterocycles. The summed E-state index contributed by atoms with van der Waals surface area (Å²) in [5.74, 6) is -5.52. The largest absolute Gasteiger partial charge is 0.468 e. The summed E-state index contributed by atoms with van der Waals surface area (Å²) in [6.45, 7) is 2.17. The van der Waals surface area contributed by atoms with Crippen molar-refractivity contribution < 1.29 is 38.1 Å². The number of ketones is 2. The quantitative estimate of drug-likeness (QED) is 0.176. The monoisotopic (exact) mass is 638 g/mol. The minimum Gasteiger partial charge on any atom is -0.468 e. The van der Waals surface area contributed by atoms with E-state index >= 15 is 0 Å². The number of hydrogen-bond donors (Lipinski definition) is 0. The third-order valence-corrected chi connectivity index (χ3v) is 16.2. The van der Waals surface area contributed by atoms with Gasteiger partial charge in [0, 0.05) is 25.7 Å². The van der Waals surface area contributed by atoms with Gasteiger partial charge in [0.2, 0.25) is 0 Å². The second-order valence-electron chi connectivity index (χ2n) is 13.2. The van der Waals surface area contributed by atoms with E-state index in [0.29, 0.717) is 6.04 Å². The first-order valence-corrected chi connectivity index (χ1v) is 18.3. The van der Waals surface area contributed by atoms with Crippen LogP contribution in [0.5, 0.6) is 0 Å². The molecule has 8 nitrogen and oxygen atoms in total. The van der Waals surface area contributed by atoms with E-state index in [4.69, 9.17) is 18.9 Å². The van der Waals surface area contributed by atoms with Gasteiger partial charge in [-0.2, -0.15) is 0 Å². The van der Waals surface area contributed by atoms with Crippen LogP contribution in [0, 0.1) is 22.7 Å². The first-order chi connectivity index (χ1) is 22.3. The van der Waals surface area contributed by atoms with Gasteiger partial charge in [0.25, 0.3) is 0 Å². The van der Waals surface area contributed by atoms with Gasteiger partial charge < -0.3 is 18.9 Å². The van der Waals surface area contributed by atoms with Crippen molar-refractivity contribution in [2.45, 2.75) is 50.5 Å². The molecule has 2 aliphatic heterocycles. The number of methoxy groups -OCH3 is 1. The molecule has 0 bridgehead atoms. The Morgan fingerprint density at radius 1 is 0.826 bits per heavy atom. The minimum absolute atomic E-state index is 0.0177. The Balaban J connectivity index is 1.40. The molecule has 4 aliphatic rings. The molecular weight excluding hydrogens is 600 g/mol. The van der Waals surface area contributed by atoms with Gasteiger partial charge in [-0.05, 0) is 27.5 Å². The fourth-order valence-corrected chi connectivity index (χ4v) is 14.2. The zero-order valence-electron chi connectivity index (χ0n) is 26.1. The van der Waals surface area contributed by atoms with Crippen molar-refractivity contribution in [3.63, 3.8) is 0 Å². The summed E-state index contributed by atoms with van der Waals surface area (Å²) in [5, 5.41) is 3.43. The summed E-state index contributed by atoms with van der Waals surface area (Å²) in [6, 6.07) is 31.3. The third-order valence-electron chi connectivity index (χ3n) is 11.1. The molecule has 5 atom stereocenters. The van der Waals surface area contributed by atoms with Crippen LogP contribution in [0.3, 0.4) is 0 Å². The van der Waals surface area contributed by atoms with E-state index in [-0.39, 0.29) is 50.5 Å². The Kier molecular flexibility index (Phi) is 7.61. The highest BCUT2D eigenvalue weighted by Crippen LogP contribution is 2.66. The highest BCUT2D eigenvalue weighted by atomic mass is 28.3. The van der Waals surface area contributed by atoms with Crippen LogP contribution < -0.4 is 15.6 Å². The number of carbonyl (C=O) groups excluding carboxylic acids is 4. The van der Waals surface area contributed by atoms with Crippen molar-refractivity contribution in [3.8, 4) is 0 Å². The number of esters is 2. The molecule has 3 aromatic carbocycles. The molecule has 2 saturated heterocycles. The van der Waals surface area contributed by atoms with E-state index in [9.17, 15) is 19.2 Å². The van der Waals surface area contributed by atoms with E-state index in [1.54, 1.807) is 6.92 Å². The fraction of sp³-hybridized carbons (Fsp3) is 0.405. The summed E-state index contributed by atoms with van der Waals surface area (Å²) < 4.78 is 24.2. The number of cyclic esters (lactones) is 1. The first kappa shape index (κ1) is 30.7. The van der Waals surface area contributed by atoms with Gasteiger partial charge in [-0.15, -0.1) is 0 Å². The van der Waals surface area contributed by atoms with Gasteiger partial charge in [-0.3, -0.25) is 19.2 Å². The lowest BCUT2D eigenvalue weighted by atomic mass is 9.43. The van der Waals surface area contributed by atoms with Crippen molar-refractivity contribution >= 4 is 47.1 Å². The maximum Gasteiger partial charge on any atom is 0.320 e. The minimum atomic E-state index is -2.89. The molecule has 238 valence electrons. The highest BCUT2D eigenvalue weighted by Gasteiger charge is 2.80. The first-order valence-electron chi connectivity index (χ1n) is 16.1. The SMILES string of the molecule is COC(=O)[C@@]12C(=O)CCC3(OCCO3)C1[C@]1(CC(C[Si](c3ccccc3)(c3ccccc3)c3ccccc3)OC1=O)C(=O)C[C@H]2C. The zero-order chi connectivity index (χ0) is 32.2. The predicted octanol–water partition coefficient (Wildman–Crippen LogP) is 2.95. The molecule has 46 heavy (non-hydrogen) atoms. The van der Waals surface area contributed by atoms with Crippen LogP contribution in [-0.2, 0) is 38.1 Å². The van der Waals surface area contributed by atoms with E-state index in [1.165, 1.54) is 7.11 Å². The van der Waals surface area contributed by atoms with E-state index in [0.717, 1.165) is 15.6 Å². The second kappa shape index (κ2) is 11.4. The Morgan fingerprint density at radius 2 is 1.35 bits per heavy atom. The molecule has 2 unspecified atom stereocenters. The van der Waals surface area contributed by atoms with Gasteiger partial charge in [-0.25, -0.2) is 0 Å². The van der Waals surface area contributed by atoms with Gasteiger partial charge in [0.1, 0.15) is 16.9 Å². The normalized spacial score (nSPS) is 30.3. The van der Waals surface area contributed by atoms with E-state index in [1.807, 2.05) is 54.6 Å². The molecule has 0 amide bonds. The maximum absolute atomic E-state index is 14.5. The van der Waals surface area contributed by atoms with Crippen LogP contribution in [0.4, 0.5) is 0 Å². The molecular formula is C37H38O8Si. The summed E-state index contributed by atoms with van der Waals surface area (Å²) >= 11 is 0. The van der Waals surface area contributed by atoms with Gasteiger partial charge >= 0.3 is 11.9 Å². The van der Waals surface area contributed by atoms with Crippen molar-refractivity contribution in [2.75, 3.05) is 20.3 Å². The lowest BCUT2D eigenvalue weighted by Gasteiger charge is -2.58. The molecule has 3 aromatic rings. The van der Waals surface area contributed by atoms with Crippen molar-refractivity contribution in [3.05, 3.63) is 91.0 Å². The van der Waals surface area contributed by atoms with Crippen molar-refractivity contribution in [1.29, 1.82) is 0 Å². The van der Waals surface area contributed by atoms with Crippen molar-refractivity contribution in [2.24, 2.45) is 22.7 Å². The highest BCUT2D eigenvalue weighted by molar-refractivity contribution is 7.11. The zero-order valence-corrected chi connectivity index (χ0v) is 27.1. The van der Waals surface area contributed by atoms with Crippen LogP contribution in [0.25, 0.3) is 0 Å². The molecule has 0 aromatic heterocycles. The molecule has 9 heteroatoms. The van der Waals surface area contributed by atoms with E-state index < -0.39 is 54.6 Å². The summed E-state index contributed by atoms with van der Waals surface area (Å²) in [5.41, 5.74) is -3.60.